The minimum Gasteiger partial charge on any atom is -0.441 e. The van der Waals surface area contributed by atoms with Gasteiger partial charge in [-0.2, -0.15) is 0 Å². The number of halogens is 1. The van der Waals surface area contributed by atoms with E-state index < -0.39 is 0 Å². The molecule has 0 bridgehead atoms. The molecule has 0 radical (unpaired) electrons. The molecule has 3 rings (SSSR count). The van der Waals surface area contributed by atoms with Crippen molar-refractivity contribution in [2.45, 2.75) is 92.9 Å². The van der Waals surface area contributed by atoms with E-state index in [0.717, 1.165) is 31.6 Å². The Bertz CT molecular complexity index is 1040. The number of aryl methyl sites for hydroxylation is 1. The lowest BCUT2D eigenvalue weighted by molar-refractivity contribution is -0.118. The summed E-state index contributed by atoms with van der Waals surface area (Å²) < 4.78 is 10.5. The van der Waals surface area contributed by atoms with Crippen LogP contribution in [0.15, 0.2) is 91.3 Å². The lowest BCUT2D eigenvalue weighted by Gasteiger charge is -2.17. The third-order valence-electron chi connectivity index (χ3n) is 5.86. The molecule has 232 valence electrons. The van der Waals surface area contributed by atoms with Crippen LogP contribution < -0.4 is 10.1 Å². The van der Waals surface area contributed by atoms with Crippen LogP contribution in [0.1, 0.15) is 103 Å². The van der Waals surface area contributed by atoms with Crippen molar-refractivity contribution in [3.63, 3.8) is 0 Å². The SMILES string of the molecule is C=C(NC(C)=O)Oc1ccc(Cl)cc1C.CCCC.CCCC(c1ccccc1)c1ccccc1.CCCOCCC. The van der Waals surface area contributed by atoms with Gasteiger partial charge in [-0.05, 0) is 67.7 Å². The van der Waals surface area contributed by atoms with E-state index >= 15 is 0 Å². The molecule has 1 N–H and O–H groups in total. The van der Waals surface area contributed by atoms with Crippen LogP contribution in [0, 0.1) is 6.92 Å². The second kappa shape index (κ2) is 25.6. The van der Waals surface area contributed by atoms with Crippen LogP contribution >= 0.6 is 11.6 Å². The average Bonchev–Trinajstić information content (AvgIpc) is 2.99. The molecule has 0 atom stereocenters. The maximum atomic E-state index is 10.7. The monoisotopic (exact) mass is 595 g/mol. The second-order valence-electron chi connectivity index (χ2n) is 9.89. The Hall–Kier alpha value is -3.08. The van der Waals surface area contributed by atoms with Crippen LogP contribution in [0.4, 0.5) is 0 Å². The van der Waals surface area contributed by atoms with Gasteiger partial charge in [-0.3, -0.25) is 10.1 Å². The Morgan fingerprint density at radius 3 is 1.67 bits per heavy atom. The van der Waals surface area contributed by atoms with Crippen molar-refractivity contribution in [3.8, 4) is 5.75 Å². The van der Waals surface area contributed by atoms with Gasteiger partial charge in [0.05, 0.1) is 0 Å². The van der Waals surface area contributed by atoms with Gasteiger partial charge in [-0.25, -0.2) is 0 Å². The van der Waals surface area contributed by atoms with Gasteiger partial charge >= 0.3 is 0 Å². The minimum atomic E-state index is -0.216. The summed E-state index contributed by atoms with van der Waals surface area (Å²) in [5, 5.41) is 3.09. The molecule has 0 fully saturated rings. The fraction of sp³-hybridized carbons (Fsp3) is 0.432. The van der Waals surface area contributed by atoms with Gasteiger partial charge < -0.3 is 9.47 Å². The summed E-state index contributed by atoms with van der Waals surface area (Å²) in [6.07, 6.45) is 7.35. The van der Waals surface area contributed by atoms with Gasteiger partial charge in [0.2, 0.25) is 5.91 Å². The average molecular weight is 596 g/mol. The highest BCUT2D eigenvalue weighted by Crippen LogP contribution is 2.28. The van der Waals surface area contributed by atoms with Crippen molar-refractivity contribution in [2.75, 3.05) is 13.2 Å². The number of carbonyl (C=O) groups is 1. The molecule has 0 aliphatic rings. The summed E-state index contributed by atoms with van der Waals surface area (Å²) in [7, 11) is 0. The quantitative estimate of drug-likeness (QED) is 0.167. The number of rotatable bonds is 12. The van der Waals surface area contributed by atoms with Crippen LogP contribution in [-0.2, 0) is 9.53 Å². The van der Waals surface area contributed by atoms with Crippen molar-refractivity contribution in [2.24, 2.45) is 0 Å². The summed E-state index contributed by atoms with van der Waals surface area (Å²) in [5.74, 6) is 1.16. The predicted octanol–water partition coefficient (Wildman–Crippen LogP) is 10.9. The zero-order chi connectivity index (χ0) is 31.6. The molecule has 5 heteroatoms. The molecule has 0 unspecified atom stereocenters. The third-order valence-corrected chi connectivity index (χ3v) is 6.10. The van der Waals surface area contributed by atoms with Crippen LogP contribution in [-0.4, -0.2) is 19.1 Å². The van der Waals surface area contributed by atoms with Crippen molar-refractivity contribution in [1.29, 1.82) is 0 Å². The molecule has 1 amide bonds. The molecule has 4 nitrogen and oxygen atoms in total. The number of benzene rings is 3. The molecule has 0 aliphatic carbocycles. The number of nitrogens with one attached hydrogen (secondary N) is 1. The molecule has 3 aromatic carbocycles. The topological polar surface area (TPSA) is 47.6 Å². The Balaban J connectivity index is 0.000000599. The molecule has 0 aromatic heterocycles. The first-order valence-corrected chi connectivity index (χ1v) is 15.7. The van der Waals surface area contributed by atoms with E-state index in [-0.39, 0.29) is 11.8 Å². The van der Waals surface area contributed by atoms with Gasteiger partial charge in [0, 0.05) is 31.1 Å². The van der Waals surface area contributed by atoms with E-state index in [9.17, 15) is 4.79 Å². The normalized spacial score (nSPS) is 9.74. The Morgan fingerprint density at radius 2 is 1.29 bits per heavy atom. The highest BCUT2D eigenvalue weighted by atomic mass is 35.5. The van der Waals surface area contributed by atoms with Crippen molar-refractivity contribution < 1.29 is 14.3 Å². The first-order valence-electron chi connectivity index (χ1n) is 15.3. The second-order valence-corrected chi connectivity index (χ2v) is 10.3. The molecule has 0 saturated heterocycles. The summed E-state index contributed by atoms with van der Waals surface area (Å²) in [6.45, 7) is 19.5. The van der Waals surface area contributed by atoms with E-state index in [0.29, 0.717) is 16.7 Å². The smallest absolute Gasteiger partial charge is 0.223 e. The number of hydrogen-bond acceptors (Lipinski definition) is 3. The lowest BCUT2D eigenvalue weighted by Crippen LogP contribution is -2.22. The predicted molar refractivity (Wildman–Crippen MR) is 181 cm³/mol. The summed E-state index contributed by atoms with van der Waals surface area (Å²) in [5.41, 5.74) is 3.74. The van der Waals surface area contributed by atoms with Crippen molar-refractivity contribution >= 4 is 17.5 Å². The fourth-order valence-corrected chi connectivity index (χ4v) is 3.88. The summed E-state index contributed by atoms with van der Waals surface area (Å²) >= 11 is 5.79. The van der Waals surface area contributed by atoms with E-state index in [4.69, 9.17) is 21.1 Å². The van der Waals surface area contributed by atoms with Crippen molar-refractivity contribution in [3.05, 3.63) is 113 Å². The van der Waals surface area contributed by atoms with Gasteiger partial charge in [0.25, 0.3) is 0 Å². The van der Waals surface area contributed by atoms with E-state index in [1.54, 1.807) is 18.2 Å². The summed E-state index contributed by atoms with van der Waals surface area (Å²) in [6, 6.07) is 26.8. The maximum absolute atomic E-state index is 10.7. The lowest BCUT2D eigenvalue weighted by atomic mass is 9.88. The molecule has 0 heterocycles. The molecular formula is C37H54ClNO3. The fourth-order valence-electron chi connectivity index (χ4n) is 3.66. The number of carbonyl (C=O) groups excluding carboxylic acids is 1. The first kappa shape index (κ1) is 38.9. The highest BCUT2D eigenvalue weighted by Gasteiger charge is 2.11. The van der Waals surface area contributed by atoms with Crippen LogP contribution in [0.2, 0.25) is 5.02 Å². The number of ether oxygens (including phenoxy) is 2. The Morgan fingerprint density at radius 1 is 0.786 bits per heavy atom. The van der Waals surface area contributed by atoms with Gasteiger partial charge in [-0.1, -0.05) is 126 Å². The maximum Gasteiger partial charge on any atom is 0.223 e. The van der Waals surface area contributed by atoms with E-state index in [2.05, 4.69) is 107 Å². The van der Waals surface area contributed by atoms with Gasteiger partial charge in [0.15, 0.2) is 5.88 Å². The van der Waals surface area contributed by atoms with E-state index in [1.165, 1.54) is 43.7 Å². The van der Waals surface area contributed by atoms with Gasteiger partial charge in [0.1, 0.15) is 5.75 Å². The molecule has 0 aliphatic heterocycles. The van der Waals surface area contributed by atoms with Crippen LogP contribution in [0.5, 0.6) is 5.75 Å². The molecule has 3 aromatic rings. The van der Waals surface area contributed by atoms with Crippen LogP contribution in [0.25, 0.3) is 0 Å². The number of hydrogen-bond donors (Lipinski definition) is 1. The standard InChI is InChI=1S/C16H18.C11H12ClNO2.C6H14O.C4H10/c1-2-9-16(14-10-5-3-6-11-14)15-12-7-4-8-13-15;1-7-6-10(12)4-5-11(7)15-9(3)13-8(2)14;1-3-5-7-6-4-2;1-3-4-2/h3-8,10-13,16H,2,9H2,1H3;4-6H,3H2,1-2H3,(H,13,14);3-6H2,1-2H3;3-4H2,1-2H3. The van der Waals surface area contributed by atoms with Gasteiger partial charge in [-0.15, -0.1) is 0 Å². The molecule has 0 spiro atoms. The van der Waals surface area contributed by atoms with Crippen LogP contribution in [0.3, 0.4) is 0 Å². The molecule has 42 heavy (non-hydrogen) atoms. The highest BCUT2D eigenvalue weighted by molar-refractivity contribution is 6.30. The minimum absolute atomic E-state index is 0.202. The third kappa shape index (κ3) is 19.1. The zero-order valence-electron chi connectivity index (χ0n) is 27.0. The molecule has 0 saturated carbocycles. The summed E-state index contributed by atoms with van der Waals surface area (Å²) in [4.78, 5) is 10.7. The number of unbranched alkanes of at least 4 members (excludes halogenated alkanes) is 1. The largest absolute Gasteiger partial charge is 0.441 e. The Labute approximate surface area is 261 Å². The Kier molecular flexibility index (Phi) is 23.7. The van der Waals surface area contributed by atoms with E-state index in [1.807, 2.05) is 6.92 Å². The zero-order valence-corrected chi connectivity index (χ0v) is 27.8. The number of amides is 1. The molecular weight excluding hydrogens is 542 g/mol. The van der Waals surface area contributed by atoms with Crippen molar-refractivity contribution in [1.82, 2.24) is 5.32 Å². The first-order chi connectivity index (χ1) is 20.2.